The molecule has 1 aliphatic carbocycles. The molecule has 0 bridgehead atoms. The summed E-state index contributed by atoms with van der Waals surface area (Å²) in [4.78, 5) is 12.1. The number of rotatable bonds is 7. The predicted molar refractivity (Wildman–Crippen MR) is 86.4 cm³/mol. The van der Waals surface area contributed by atoms with Crippen LogP contribution in [0.25, 0.3) is 5.69 Å². The Morgan fingerprint density at radius 2 is 2.26 bits per heavy atom. The van der Waals surface area contributed by atoms with Gasteiger partial charge in [-0.1, -0.05) is 24.6 Å². The van der Waals surface area contributed by atoms with Crippen LogP contribution >= 0.6 is 0 Å². The van der Waals surface area contributed by atoms with E-state index >= 15 is 0 Å². The first-order chi connectivity index (χ1) is 11.2. The Morgan fingerprint density at radius 1 is 1.43 bits per heavy atom. The summed E-state index contributed by atoms with van der Waals surface area (Å²) in [5.41, 5.74) is 9.03. The first-order valence-corrected chi connectivity index (χ1v) is 8.16. The van der Waals surface area contributed by atoms with E-state index in [1.807, 2.05) is 16.8 Å². The molecule has 0 spiro atoms. The number of esters is 1. The molecule has 6 nitrogen and oxygen atoms in total. The number of carbonyl (C=O) groups is 1. The molecule has 0 aliphatic heterocycles. The standard InChI is InChI=1S/C17H22N4O2/c1-2-3-9-23-17(22)13-5-4-6-14(10-13)21-16(12-7-8-12)15(11-18)19-20-21/h4-6,10,12H,2-3,7-9,11,18H2,1H3. The Kier molecular flexibility index (Phi) is 4.71. The number of benzene rings is 1. The molecular formula is C17H22N4O2. The van der Waals surface area contributed by atoms with Crippen LogP contribution in [-0.4, -0.2) is 27.6 Å². The Bertz CT molecular complexity index is 692. The second-order valence-corrected chi connectivity index (χ2v) is 5.85. The largest absolute Gasteiger partial charge is 0.462 e. The molecular weight excluding hydrogens is 292 g/mol. The molecule has 1 heterocycles. The topological polar surface area (TPSA) is 83.0 Å². The molecule has 0 amide bonds. The van der Waals surface area contributed by atoms with Crippen LogP contribution in [0.3, 0.4) is 0 Å². The summed E-state index contributed by atoms with van der Waals surface area (Å²) < 4.78 is 7.08. The lowest BCUT2D eigenvalue weighted by atomic mass is 10.1. The van der Waals surface area contributed by atoms with E-state index in [0.29, 0.717) is 24.6 Å². The highest BCUT2D eigenvalue weighted by Crippen LogP contribution is 2.41. The summed E-state index contributed by atoms with van der Waals surface area (Å²) in [7, 11) is 0. The van der Waals surface area contributed by atoms with Crippen molar-refractivity contribution in [2.24, 2.45) is 5.73 Å². The van der Waals surface area contributed by atoms with E-state index in [1.165, 1.54) is 0 Å². The lowest BCUT2D eigenvalue weighted by Gasteiger charge is -2.09. The molecule has 0 radical (unpaired) electrons. The van der Waals surface area contributed by atoms with Crippen molar-refractivity contribution < 1.29 is 9.53 Å². The highest BCUT2D eigenvalue weighted by atomic mass is 16.5. The van der Waals surface area contributed by atoms with Crippen LogP contribution < -0.4 is 5.73 Å². The van der Waals surface area contributed by atoms with Crippen molar-refractivity contribution in [3.8, 4) is 5.69 Å². The Hall–Kier alpha value is -2.21. The fourth-order valence-electron chi connectivity index (χ4n) is 2.58. The number of hydrogen-bond acceptors (Lipinski definition) is 5. The smallest absolute Gasteiger partial charge is 0.338 e. The van der Waals surface area contributed by atoms with Gasteiger partial charge in [0.25, 0.3) is 0 Å². The Balaban J connectivity index is 1.85. The van der Waals surface area contributed by atoms with E-state index in [1.54, 1.807) is 12.1 Å². The number of aromatic nitrogens is 3. The zero-order valence-corrected chi connectivity index (χ0v) is 13.4. The molecule has 0 unspecified atom stereocenters. The van der Waals surface area contributed by atoms with Gasteiger partial charge in [0.1, 0.15) is 5.69 Å². The monoisotopic (exact) mass is 314 g/mol. The number of unbranched alkanes of at least 4 members (excludes halogenated alkanes) is 1. The van der Waals surface area contributed by atoms with Crippen LogP contribution in [-0.2, 0) is 11.3 Å². The fraction of sp³-hybridized carbons (Fsp3) is 0.471. The molecule has 1 fully saturated rings. The van der Waals surface area contributed by atoms with Gasteiger partial charge in [-0.3, -0.25) is 0 Å². The maximum Gasteiger partial charge on any atom is 0.338 e. The van der Waals surface area contributed by atoms with Gasteiger partial charge in [-0.25, -0.2) is 9.48 Å². The normalized spacial score (nSPS) is 14.0. The molecule has 3 rings (SSSR count). The molecule has 0 saturated heterocycles. The summed E-state index contributed by atoms with van der Waals surface area (Å²) in [6.07, 6.45) is 4.15. The average molecular weight is 314 g/mol. The number of carbonyl (C=O) groups excluding carboxylic acids is 1. The lowest BCUT2D eigenvalue weighted by molar-refractivity contribution is 0.0499. The first-order valence-electron chi connectivity index (χ1n) is 8.16. The highest BCUT2D eigenvalue weighted by Gasteiger charge is 2.31. The van der Waals surface area contributed by atoms with Gasteiger partial charge in [-0.2, -0.15) is 0 Å². The second-order valence-electron chi connectivity index (χ2n) is 5.85. The van der Waals surface area contributed by atoms with E-state index in [9.17, 15) is 4.79 Å². The molecule has 1 aromatic heterocycles. The quantitative estimate of drug-likeness (QED) is 0.627. The Labute approximate surface area is 135 Å². The van der Waals surface area contributed by atoms with Gasteiger partial charge < -0.3 is 10.5 Å². The molecule has 2 aromatic rings. The average Bonchev–Trinajstić information content (AvgIpc) is 3.33. The van der Waals surface area contributed by atoms with Crippen molar-refractivity contribution in [2.75, 3.05) is 6.61 Å². The van der Waals surface area contributed by atoms with E-state index in [4.69, 9.17) is 10.5 Å². The second kappa shape index (κ2) is 6.91. The van der Waals surface area contributed by atoms with Crippen molar-refractivity contribution in [3.63, 3.8) is 0 Å². The molecule has 6 heteroatoms. The van der Waals surface area contributed by atoms with Crippen molar-refractivity contribution in [2.45, 2.75) is 45.1 Å². The number of ether oxygens (including phenoxy) is 1. The summed E-state index contributed by atoms with van der Waals surface area (Å²) in [5.74, 6) is 0.177. The molecule has 2 N–H and O–H groups in total. The third-order valence-electron chi connectivity index (χ3n) is 3.99. The van der Waals surface area contributed by atoms with Crippen molar-refractivity contribution in [1.29, 1.82) is 0 Å². The van der Waals surface area contributed by atoms with Gasteiger partial charge in [0, 0.05) is 12.5 Å². The fourth-order valence-corrected chi connectivity index (χ4v) is 2.58. The van der Waals surface area contributed by atoms with E-state index in [-0.39, 0.29) is 5.97 Å². The van der Waals surface area contributed by atoms with Crippen LogP contribution in [0, 0.1) is 0 Å². The zero-order valence-electron chi connectivity index (χ0n) is 13.4. The van der Waals surface area contributed by atoms with Gasteiger partial charge in [0.15, 0.2) is 0 Å². The molecule has 1 aromatic carbocycles. The van der Waals surface area contributed by atoms with E-state index in [0.717, 1.165) is 42.8 Å². The minimum Gasteiger partial charge on any atom is -0.462 e. The molecule has 122 valence electrons. The van der Waals surface area contributed by atoms with Crippen LogP contribution in [0.5, 0.6) is 0 Å². The number of nitrogens with zero attached hydrogens (tertiary/aromatic N) is 3. The van der Waals surface area contributed by atoms with Gasteiger partial charge >= 0.3 is 5.97 Å². The molecule has 0 atom stereocenters. The van der Waals surface area contributed by atoms with Crippen LogP contribution in [0.4, 0.5) is 0 Å². The summed E-state index contributed by atoms with van der Waals surface area (Å²) >= 11 is 0. The molecule has 1 aliphatic rings. The van der Waals surface area contributed by atoms with Gasteiger partial charge in [0.2, 0.25) is 0 Å². The first kappa shape index (κ1) is 15.7. The van der Waals surface area contributed by atoms with Crippen molar-refractivity contribution in [1.82, 2.24) is 15.0 Å². The van der Waals surface area contributed by atoms with Crippen molar-refractivity contribution >= 4 is 5.97 Å². The predicted octanol–water partition coefficient (Wildman–Crippen LogP) is 2.56. The van der Waals surface area contributed by atoms with E-state index < -0.39 is 0 Å². The maximum absolute atomic E-state index is 12.1. The minimum absolute atomic E-state index is 0.299. The third-order valence-corrected chi connectivity index (χ3v) is 3.99. The summed E-state index contributed by atoms with van der Waals surface area (Å²) in [6, 6.07) is 7.32. The zero-order chi connectivity index (χ0) is 16.2. The highest BCUT2D eigenvalue weighted by molar-refractivity contribution is 5.90. The molecule has 1 saturated carbocycles. The van der Waals surface area contributed by atoms with Gasteiger partial charge in [0.05, 0.1) is 23.6 Å². The Morgan fingerprint density at radius 3 is 2.96 bits per heavy atom. The SMILES string of the molecule is CCCCOC(=O)c1cccc(-n2nnc(CN)c2C2CC2)c1. The maximum atomic E-state index is 12.1. The summed E-state index contributed by atoms with van der Waals surface area (Å²) in [6.45, 7) is 2.89. The van der Waals surface area contributed by atoms with Crippen LogP contribution in [0.1, 0.15) is 60.3 Å². The van der Waals surface area contributed by atoms with Crippen molar-refractivity contribution in [3.05, 3.63) is 41.2 Å². The number of hydrogen-bond donors (Lipinski definition) is 1. The third kappa shape index (κ3) is 3.42. The van der Waals surface area contributed by atoms with E-state index in [2.05, 4.69) is 17.2 Å². The lowest BCUT2D eigenvalue weighted by Crippen LogP contribution is -2.09. The minimum atomic E-state index is -0.299. The number of nitrogens with two attached hydrogens (primary N) is 1. The summed E-state index contributed by atoms with van der Waals surface area (Å²) in [5, 5.41) is 8.41. The van der Waals surface area contributed by atoms with Gasteiger partial charge in [-0.15, -0.1) is 5.10 Å². The van der Waals surface area contributed by atoms with Gasteiger partial charge in [-0.05, 0) is 37.5 Å². The van der Waals surface area contributed by atoms with Crippen LogP contribution in [0.2, 0.25) is 0 Å². The molecule has 23 heavy (non-hydrogen) atoms. The van der Waals surface area contributed by atoms with Crippen LogP contribution in [0.15, 0.2) is 24.3 Å².